The lowest BCUT2D eigenvalue weighted by Crippen LogP contribution is -2.45. The molecule has 0 radical (unpaired) electrons. The monoisotopic (exact) mass is 362 g/mol. The first kappa shape index (κ1) is 19.6. The lowest BCUT2D eigenvalue weighted by atomic mass is 9.89. The van der Waals surface area contributed by atoms with Crippen molar-refractivity contribution in [2.75, 3.05) is 20.7 Å². The van der Waals surface area contributed by atoms with Crippen molar-refractivity contribution in [3.05, 3.63) is 35.4 Å². The highest BCUT2D eigenvalue weighted by Gasteiger charge is 2.46. The molecule has 0 aliphatic heterocycles. The molecular weight excluding hydrogens is 337 g/mol. The minimum absolute atomic E-state index is 0.226. The molecule has 136 valence electrons. The SMILES string of the molecule is CCN(SN(C)C1CC(OC)C1)C(c1ccc(C)cc1)C(F)(F)F. The summed E-state index contributed by atoms with van der Waals surface area (Å²) in [6.45, 7) is 3.93. The Morgan fingerprint density at radius 3 is 2.29 bits per heavy atom. The maximum atomic E-state index is 13.7. The van der Waals surface area contributed by atoms with Gasteiger partial charge in [-0.15, -0.1) is 0 Å². The average Bonchev–Trinajstić information content (AvgIpc) is 2.46. The van der Waals surface area contributed by atoms with Crippen LogP contribution in [0.2, 0.25) is 0 Å². The molecule has 0 N–H and O–H groups in total. The number of ether oxygens (including phenoxy) is 1. The predicted molar refractivity (Wildman–Crippen MR) is 91.5 cm³/mol. The van der Waals surface area contributed by atoms with Gasteiger partial charge in [0.2, 0.25) is 0 Å². The number of hydrogen-bond acceptors (Lipinski definition) is 4. The van der Waals surface area contributed by atoms with Crippen LogP contribution in [-0.4, -0.2) is 47.6 Å². The normalized spacial score (nSPS) is 22.7. The fraction of sp³-hybridized carbons (Fsp3) is 0.647. The summed E-state index contributed by atoms with van der Waals surface area (Å²) in [5.74, 6) is 0. The molecule has 0 amide bonds. The minimum Gasteiger partial charge on any atom is -0.381 e. The average molecular weight is 362 g/mol. The first-order chi connectivity index (χ1) is 11.3. The molecule has 1 aromatic rings. The molecule has 0 saturated heterocycles. The molecule has 3 nitrogen and oxygen atoms in total. The van der Waals surface area contributed by atoms with Gasteiger partial charge in [0.25, 0.3) is 0 Å². The fourth-order valence-corrected chi connectivity index (χ4v) is 3.90. The third kappa shape index (κ3) is 4.65. The lowest BCUT2D eigenvalue weighted by molar-refractivity contribution is -0.172. The number of hydrogen-bond donors (Lipinski definition) is 0. The maximum Gasteiger partial charge on any atom is 0.409 e. The molecule has 1 aromatic carbocycles. The highest BCUT2D eigenvalue weighted by atomic mass is 32.2. The number of halogens is 3. The van der Waals surface area contributed by atoms with Gasteiger partial charge in [0.05, 0.1) is 6.10 Å². The van der Waals surface area contributed by atoms with Crippen molar-refractivity contribution in [3.63, 3.8) is 0 Å². The van der Waals surface area contributed by atoms with E-state index < -0.39 is 12.2 Å². The van der Waals surface area contributed by atoms with E-state index in [1.807, 2.05) is 18.3 Å². The first-order valence-corrected chi connectivity index (χ1v) is 8.82. The maximum absolute atomic E-state index is 13.7. The van der Waals surface area contributed by atoms with Crippen LogP contribution in [0.3, 0.4) is 0 Å². The standard InChI is InChI=1S/C17H25F3N2OS/c1-5-22(24-21(3)14-10-15(11-14)23-4)16(17(18,19)20)13-8-6-12(2)7-9-13/h6-9,14-16H,5,10-11H2,1-4H3. The highest BCUT2D eigenvalue weighted by Crippen LogP contribution is 2.43. The number of nitrogens with zero attached hydrogens (tertiary/aromatic N) is 2. The van der Waals surface area contributed by atoms with Crippen molar-refractivity contribution in [2.45, 2.75) is 51.1 Å². The fourth-order valence-electron chi connectivity index (χ4n) is 2.81. The van der Waals surface area contributed by atoms with Crippen molar-refractivity contribution in [2.24, 2.45) is 0 Å². The Labute approximate surface area is 146 Å². The molecule has 1 atom stereocenters. The number of aryl methyl sites for hydroxylation is 1. The van der Waals surface area contributed by atoms with Crippen LogP contribution in [0.5, 0.6) is 0 Å². The van der Waals surface area contributed by atoms with Crippen molar-refractivity contribution in [1.29, 1.82) is 0 Å². The molecular formula is C17H25F3N2OS. The van der Waals surface area contributed by atoms with E-state index in [1.165, 1.54) is 16.4 Å². The third-order valence-corrected chi connectivity index (χ3v) is 5.69. The first-order valence-electron chi connectivity index (χ1n) is 8.09. The molecule has 1 aliphatic rings. The van der Waals surface area contributed by atoms with E-state index >= 15 is 0 Å². The van der Waals surface area contributed by atoms with Crippen molar-refractivity contribution in [3.8, 4) is 0 Å². The van der Waals surface area contributed by atoms with E-state index in [1.54, 1.807) is 38.3 Å². The zero-order valence-corrected chi connectivity index (χ0v) is 15.3. The second kappa shape index (κ2) is 8.08. The summed E-state index contributed by atoms with van der Waals surface area (Å²) in [6.07, 6.45) is -2.38. The molecule has 0 bridgehead atoms. The Hall–Kier alpha value is -0.760. The number of rotatable bonds is 7. The predicted octanol–water partition coefficient (Wildman–Crippen LogP) is 4.59. The molecule has 7 heteroatoms. The van der Waals surface area contributed by atoms with Gasteiger partial charge in [-0.25, -0.2) is 8.61 Å². The summed E-state index contributed by atoms with van der Waals surface area (Å²) in [5.41, 5.74) is 1.23. The van der Waals surface area contributed by atoms with E-state index in [0.717, 1.165) is 18.4 Å². The van der Waals surface area contributed by atoms with Crippen LogP contribution in [0.1, 0.15) is 36.9 Å². The molecule has 1 saturated carbocycles. The number of alkyl halides is 3. The van der Waals surface area contributed by atoms with Gasteiger partial charge in [0.15, 0.2) is 0 Å². The smallest absolute Gasteiger partial charge is 0.381 e. The van der Waals surface area contributed by atoms with Crippen LogP contribution in [0.4, 0.5) is 13.2 Å². The van der Waals surface area contributed by atoms with E-state index in [4.69, 9.17) is 4.74 Å². The van der Waals surface area contributed by atoms with Crippen LogP contribution in [-0.2, 0) is 4.74 Å². The largest absolute Gasteiger partial charge is 0.409 e. The van der Waals surface area contributed by atoms with Gasteiger partial charge in [0, 0.05) is 31.8 Å². The zero-order chi connectivity index (χ0) is 17.9. The molecule has 1 unspecified atom stereocenters. The molecule has 1 fully saturated rings. The van der Waals surface area contributed by atoms with Crippen LogP contribution in [0.15, 0.2) is 24.3 Å². The van der Waals surface area contributed by atoms with Crippen molar-refractivity contribution < 1.29 is 17.9 Å². The lowest BCUT2D eigenvalue weighted by Gasteiger charge is -2.42. The van der Waals surface area contributed by atoms with E-state index in [-0.39, 0.29) is 17.7 Å². The quantitative estimate of drug-likeness (QED) is 0.659. The van der Waals surface area contributed by atoms with Gasteiger partial charge >= 0.3 is 6.18 Å². The van der Waals surface area contributed by atoms with Crippen molar-refractivity contribution >= 4 is 12.1 Å². The van der Waals surface area contributed by atoms with Gasteiger partial charge in [-0.1, -0.05) is 36.8 Å². The molecule has 2 rings (SSSR count). The summed E-state index contributed by atoms with van der Waals surface area (Å²) in [6, 6.07) is 5.23. The minimum atomic E-state index is -4.33. The molecule has 0 spiro atoms. The van der Waals surface area contributed by atoms with Crippen LogP contribution in [0, 0.1) is 6.92 Å². The summed E-state index contributed by atoms with van der Waals surface area (Å²) in [7, 11) is 3.52. The summed E-state index contributed by atoms with van der Waals surface area (Å²) in [5, 5.41) is 0. The molecule has 1 aliphatic carbocycles. The van der Waals surface area contributed by atoms with Crippen LogP contribution >= 0.6 is 12.1 Å². The van der Waals surface area contributed by atoms with Gasteiger partial charge in [-0.3, -0.25) is 0 Å². The number of benzene rings is 1. The molecule has 24 heavy (non-hydrogen) atoms. The Morgan fingerprint density at radius 2 is 1.83 bits per heavy atom. The Morgan fingerprint density at radius 1 is 1.25 bits per heavy atom. The van der Waals surface area contributed by atoms with Gasteiger partial charge in [0.1, 0.15) is 6.04 Å². The van der Waals surface area contributed by atoms with Gasteiger partial charge in [-0.05, 0) is 32.4 Å². The van der Waals surface area contributed by atoms with E-state index in [0.29, 0.717) is 6.54 Å². The second-order valence-electron chi connectivity index (χ2n) is 6.20. The summed E-state index contributed by atoms with van der Waals surface area (Å²) >= 11 is 1.17. The Balaban J connectivity index is 2.12. The van der Waals surface area contributed by atoms with E-state index in [9.17, 15) is 13.2 Å². The Kier molecular flexibility index (Phi) is 6.59. The second-order valence-corrected chi connectivity index (χ2v) is 7.41. The molecule has 0 heterocycles. The number of methoxy groups -OCH3 is 1. The highest BCUT2D eigenvalue weighted by molar-refractivity contribution is 7.94. The van der Waals surface area contributed by atoms with E-state index in [2.05, 4.69) is 0 Å². The Bertz CT molecular complexity index is 518. The summed E-state index contributed by atoms with van der Waals surface area (Å²) in [4.78, 5) is 0. The molecule has 0 aromatic heterocycles. The van der Waals surface area contributed by atoms with Crippen LogP contribution < -0.4 is 0 Å². The van der Waals surface area contributed by atoms with Crippen molar-refractivity contribution in [1.82, 2.24) is 8.61 Å². The zero-order valence-electron chi connectivity index (χ0n) is 14.5. The topological polar surface area (TPSA) is 15.7 Å². The van der Waals surface area contributed by atoms with Gasteiger partial charge < -0.3 is 4.74 Å². The third-order valence-electron chi connectivity index (χ3n) is 4.45. The van der Waals surface area contributed by atoms with Gasteiger partial charge in [-0.2, -0.15) is 13.2 Å². The summed E-state index contributed by atoms with van der Waals surface area (Å²) < 4.78 is 49.7. The van der Waals surface area contributed by atoms with Crippen LogP contribution in [0.25, 0.3) is 0 Å².